The minimum Gasteiger partial charge on any atom is -0.495 e. The van der Waals surface area contributed by atoms with Crippen LogP contribution in [0.15, 0.2) is 12.1 Å². The summed E-state index contributed by atoms with van der Waals surface area (Å²) in [5.41, 5.74) is 0.546. The van der Waals surface area contributed by atoms with Crippen molar-refractivity contribution in [3.63, 3.8) is 0 Å². The highest BCUT2D eigenvalue weighted by Crippen LogP contribution is 2.36. The maximum atomic E-state index is 12.2. The van der Waals surface area contributed by atoms with Crippen LogP contribution in [-0.4, -0.2) is 33.3 Å². The lowest BCUT2D eigenvalue weighted by Gasteiger charge is -2.22. The fraction of sp³-hybridized carbons (Fsp3) is 0.500. The molecule has 1 unspecified atom stereocenters. The molecular weight excluding hydrogens is 282 g/mol. The summed E-state index contributed by atoms with van der Waals surface area (Å²) >= 11 is 6.03. The van der Waals surface area contributed by atoms with Crippen molar-refractivity contribution >= 4 is 23.2 Å². The third-order valence-electron chi connectivity index (χ3n) is 3.26. The van der Waals surface area contributed by atoms with Crippen molar-refractivity contribution in [2.24, 2.45) is 5.92 Å². The van der Waals surface area contributed by atoms with E-state index in [1.807, 2.05) is 0 Å². The first-order chi connectivity index (χ1) is 9.65. The van der Waals surface area contributed by atoms with Crippen LogP contribution in [0.3, 0.4) is 0 Å². The monoisotopic (exact) mass is 299 g/mol. The maximum absolute atomic E-state index is 12.2. The average Bonchev–Trinajstić information content (AvgIpc) is 2.49. The molecule has 6 heteroatoms. The van der Waals surface area contributed by atoms with E-state index in [0.29, 0.717) is 28.8 Å². The molecule has 1 aromatic rings. The van der Waals surface area contributed by atoms with Gasteiger partial charge in [0.2, 0.25) is 5.91 Å². The van der Waals surface area contributed by atoms with E-state index in [1.165, 1.54) is 14.2 Å². The third-order valence-corrected chi connectivity index (χ3v) is 3.56. The number of amides is 1. The Labute approximate surface area is 123 Å². The third kappa shape index (κ3) is 3.35. The summed E-state index contributed by atoms with van der Waals surface area (Å²) in [5, 5.41) is 3.28. The number of rotatable bonds is 4. The SMILES string of the molecule is COc1cc(NC(=O)C2CCCOC2)c(OC)cc1Cl. The highest BCUT2D eigenvalue weighted by atomic mass is 35.5. The van der Waals surface area contributed by atoms with Crippen molar-refractivity contribution in [3.8, 4) is 11.5 Å². The molecule has 5 nitrogen and oxygen atoms in total. The first-order valence-electron chi connectivity index (χ1n) is 6.46. The number of anilines is 1. The quantitative estimate of drug-likeness (QED) is 0.929. The molecule has 1 fully saturated rings. The number of methoxy groups -OCH3 is 2. The summed E-state index contributed by atoms with van der Waals surface area (Å²) in [6.45, 7) is 1.18. The van der Waals surface area contributed by atoms with Crippen LogP contribution in [0.1, 0.15) is 12.8 Å². The minimum atomic E-state index is -0.130. The standard InChI is InChI=1S/C14H18ClNO4/c1-18-12-7-11(13(19-2)6-10(12)15)16-14(17)9-4-3-5-20-8-9/h6-7,9H,3-5,8H2,1-2H3,(H,16,17). The molecule has 20 heavy (non-hydrogen) atoms. The van der Waals surface area contributed by atoms with Gasteiger partial charge in [-0.15, -0.1) is 0 Å². The predicted octanol–water partition coefficient (Wildman–Crippen LogP) is 2.72. The molecule has 1 atom stereocenters. The molecule has 0 aromatic heterocycles. The molecule has 110 valence electrons. The number of hydrogen-bond acceptors (Lipinski definition) is 4. The van der Waals surface area contributed by atoms with E-state index in [0.717, 1.165) is 19.4 Å². The van der Waals surface area contributed by atoms with Gasteiger partial charge < -0.3 is 19.5 Å². The topological polar surface area (TPSA) is 56.8 Å². The Hall–Kier alpha value is -1.46. The minimum absolute atomic E-state index is 0.0765. The Morgan fingerprint density at radius 3 is 2.70 bits per heavy atom. The molecule has 1 heterocycles. The average molecular weight is 300 g/mol. The molecule has 1 N–H and O–H groups in total. The number of carbonyl (C=O) groups excluding carboxylic acids is 1. The van der Waals surface area contributed by atoms with Gasteiger partial charge in [0.1, 0.15) is 11.5 Å². The first kappa shape index (κ1) is 14.9. The van der Waals surface area contributed by atoms with Crippen LogP contribution in [0.4, 0.5) is 5.69 Å². The molecule has 0 aliphatic carbocycles. The molecule has 0 radical (unpaired) electrons. The van der Waals surface area contributed by atoms with Crippen LogP contribution >= 0.6 is 11.6 Å². The van der Waals surface area contributed by atoms with Crippen LogP contribution < -0.4 is 14.8 Å². The van der Waals surface area contributed by atoms with Crippen LogP contribution in [0.2, 0.25) is 5.02 Å². The number of nitrogens with one attached hydrogen (secondary N) is 1. The number of carbonyl (C=O) groups is 1. The van der Waals surface area contributed by atoms with Crippen molar-refractivity contribution in [1.82, 2.24) is 0 Å². The van der Waals surface area contributed by atoms with Crippen LogP contribution in [0, 0.1) is 5.92 Å². The Kier molecular flexibility index (Phi) is 5.09. The molecule has 1 amide bonds. The number of halogens is 1. The van der Waals surface area contributed by atoms with Crippen LogP contribution in [0.5, 0.6) is 11.5 Å². The van der Waals surface area contributed by atoms with E-state index in [9.17, 15) is 4.79 Å². The van der Waals surface area contributed by atoms with Crippen molar-refractivity contribution in [2.75, 3.05) is 32.8 Å². The van der Waals surface area contributed by atoms with Gasteiger partial charge in [-0.2, -0.15) is 0 Å². The van der Waals surface area contributed by atoms with E-state index < -0.39 is 0 Å². The second-order valence-electron chi connectivity index (χ2n) is 4.59. The van der Waals surface area contributed by atoms with Crippen molar-refractivity contribution in [2.45, 2.75) is 12.8 Å². The fourth-order valence-electron chi connectivity index (χ4n) is 2.14. The number of hydrogen-bond donors (Lipinski definition) is 1. The van der Waals surface area contributed by atoms with E-state index in [2.05, 4.69) is 5.32 Å². The van der Waals surface area contributed by atoms with E-state index in [1.54, 1.807) is 12.1 Å². The van der Waals surface area contributed by atoms with Gasteiger partial charge in [-0.05, 0) is 12.8 Å². The molecule has 1 aliphatic heterocycles. The van der Waals surface area contributed by atoms with Crippen molar-refractivity contribution < 1.29 is 19.0 Å². The summed E-state index contributed by atoms with van der Waals surface area (Å²) in [6, 6.07) is 3.27. The van der Waals surface area contributed by atoms with Gasteiger partial charge in [0.05, 0.1) is 37.5 Å². The van der Waals surface area contributed by atoms with Crippen LogP contribution in [-0.2, 0) is 9.53 Å². The summed E-state index contributed by atoms with van der Waals surface area (Å²) in [4.78, 5) is 12.2. The fourth-order valence-corrected chi connectivity index (χ4v) is 2.37. The van der Waals surface area contributed by atoms with Gasteiger partial charge in [0, 0.05) is 18.7 Å². The normalized spacial score (nSPS) is 18.4. The molecule has 1 saturated heterocycles. The van der Waals surface area contributed by atoms with Crippen LogP contribution in [0.25, 0.3) is 0 Å². The van der Waals surface area contributed by atoms with Gasteiger partial charge >= 0.3 is 0 Å². The van der Waals surface area contributed by atoms with Crippen molar-refractivity contribution in [1.29, 1.82) is 0 Å². The summed E-state index contributed by atoms with van der Waals surface area (Å²) in [6.07, 6.45) is 1.73. The van der Waals surface area contributed by atoms with Gasteiger partial charge in [-0.25, -0.2) is 0 Å². The van der Waals surface area contributed by atoms with E-state index in [-0.39, 0.29) is 11.8 Å². The molecule has 1 aromatic carbocycles. The second-order valence-corrected chi connectivity index (χ2v) is 5.00. The Balaban J connectivity index is 2.16. The second kappa shape index (κ2) is 6.81. The molecule has 0 spiro atoms. The summed E-state index contributed by atoms with van der Waals surface area (Å²) < 4.78 is 15.7. The zero-order valence-corrected chi connectivity index (χ0v) is 12.3. The molecule has 0 bridgehead atoms. The molecule has 2 rings (SSSR count). The summed E-state index contributed by atoms with van der Waals surface area (Å²) in [7, 11) is 3.05. The van der Waals surface area contributed by atoms with E-state index >= 15 is 0 Å². The largest absolute Gasteiger partial charge is 0.495 e. The number of ether oxygens (including phenoxy) is 3. The summed E-state index contributed by atoms with van der Waals surface area (Å²) in [5.74, 6) is 0.783. The highest BCUT2D eigenvalue weighted by molar-refractivity contribution is 6.32. The number of benzene rings is 1. The van der Waals surface area contributed by atoms with Gasteiger partial charge in [0.15, 0.2) is 0 Å². The lowest BCUT2D eigenvalue weighted by Crippen LogP contribution is -2.30. The lowest BCUT2D eigenvalue weighted by atomic mass is 10.0. The lowest BCUT2D eigenvalue weighted by molar-refractivity contribution is -0.123. The Morgan fingerprint density at radius 1 is 1.35 bits per heavy atom. The smallest absolute Gasteiger partial charge is 0.229 e. The Bertz CT molecular complexity index is 486. The predicted molar refractivity (Wildman–Crippen MR) is 76.7 cm³/mol. The van der Waals surface area contributed by atoms with Crippen molar-refractivity contribution in [3.05, 3.63) is 17.2 Å². The zero-order chi connectivity index (χ0) is 14.5. The van der Waals surface area contributed by atoms with Gasteiger partial charge in [-0.1, -0.05) is 11.6 Å². The molecular formula is C14H18ClNO4. The zero-order valence-electron chi connectivity index (χ0n) is 11.6. The maximum Gasteiger partial charge on any atom is 0.229 e. The Morgan fingerprint density at radius 2 is 2.10 bits per heavy atom. The highest BCUT2D eigenvalue weighted by Gasteiger charge is 2.23. The molecule has 1 aliphatic rings. The van der Waals surface area contributed by atoms with Gasteiger partial charge in [-0.3, -0.25) is 4.79 Å². The van der Waals surface area contributed by atoms with Gasteiger partial charge in [0.25, 0.3) is 0 Å². The first-order valence-corrected chi connectivity index (χ1v) is 6.83. The molecule has 0 saturated carbocycles. The van der Waals surface area contributed by atoms with E-state index in [4.69, 9.17) is 25.8 Å².